The third kappa shape index (κ3) is 3.83. The molecular weight excluding hydrogens is 342 g/mol. The van der Waals surface area contributed by atoms with Crippen LogP contribution in [-0.4, -0.2) is 28.9 Å². The highest BCUT2D eigenvalue weighted by atomic mass is 16.7. The Morgan fingerprint density at radius 3 is 2.33 bits per heavy atom. The molecule has 0 amide bonds. The van der Waals surface area contributed by atoms with Gasteiger partial charge in [0, 0.05) is 19.1 Å². The van der Waals surface area contributed by atoms with Crippen molar-refractivity contribution >= 4 is 0 Å². The number of aryl methyl sites for hydroxylation is 1. The quantitative estimate of drug-likeness (QED) is 0.825. The van der Waals surface area contributed by atoms with E-state index in [1.807, 2.05) is 26.0 Å². The summed E-state index contributed by atoms with van der Waals surface area (Å²) in [5, 5.41) is 9.95. The molecule has 0 radical (unpaired) electrons. The second kappa shape index (κ2) is 7.31. The summed E-state index contributed by atoms with van der Waals surface area (Å²) in [5.74, 6) is 2.50. The normalized spacial score (nSPS) is 16.6. The van der Waals surface area contributed by atoms with Crippen molar-refractivity contribution in [2.45, 2.75) is 58.8 Å². The lowest BCUT2D eigenvalue weighted by Gasteiger charge is -2.24. The highest BCUT2D eigenvalue weighted by Crippen LogP contribution is 2.38. The van der Waals surface area contributed by atoms with Crippen LogP contribution in [0.1, 0.15) is 43.9 Å². The van der Waals surface area contributed by atoms with E-state index in [0.29, 0.717) is 18.6 Å². The van der Waals surface area contributed by atoms with Crippen molar-refractivity contribution in [1.29, 1.82) is 0 Å². The fourth-order valence-electron chi connectivity index (χ4n) is 3.75. The summed E-state index contributed by atoms with van der Waals surface area (Å²) in [6.07, 6.45) is 2.04. The molecule has 2 aromatic rings. The molecule has 2 heterocycles. The predicted octanol–water partition coefficient (Wildman–Crippen LogP) is 4.25. The molecule has 0 bridgehead atoms. The van der Waals surface area contributed by atoms with Crippen LogP contribution >= 0.6 is 0 Å². The topological polar surface area (TPSA) is 51.2 Å². The van der Waals surface area contributed by atoms with E-state index in [4.69, 9.17) is 14.2 Å². The van der Waals surface area contributed by atoms with Crippen molar-refractivity contribution in [2.24, 2.45) is 0 Å². The number of fused-ring (bicyclic) bond motifs is 2. The second-order valence-electron chi connectivity index (χ2n) is 7.74. The first-order chi connectivity index (χ1) is 13.0. The van der Waals surface area contributed by atoms with Gasteiger partial charge in [0.15, 0.2) is 23.0 Å². The maximum absolute atomic E-state index is 9.95. The van der Waals surface area contributed by atoms with Gasteiger partial charge in [-0.05, 0) is 74.6 Å². The molecular formula is C22H27NO4. The van der Waals surface area contributed by atoms with E-state index < -0.39 is 0 Å². The summed E-state index contributed by atoms with van der Waals surface area (Å²) in [6.45, 7) is 8.43. The predicted molar refractivity (Wildman–Crippen MR) is 103 cm³/mol. The molecule has 1 N–H and O–H groups in total. The summed E-state index contributed by atoms with van der Waals surface area (Å²) >= 11 is 0. The average Bonchev–Trinajstić information content (AvgIpc) is 3.25. The smallest absolute Gasteiger partial charge is 0.231 e. The number of nitrogens with zero attached hydrogens (tertiary/aromatic N) is 1. The van der Waals surface area contributed by atoms with E-state index in [9.17, 15) is 5.11 Å². The molecule has 0 aliphatic carbocycles. The van der Waals surface area contributed by atoms with Gasteiger partial charge in [0.1, 0.15) is 0 Å². The Labute approximate surface area is 160 Å². The van der Waals surface area contributed by atoms with Crippen molar-refractivity contribution in [3.63, 3.8) is 0 Å². The molecule has 0 spiro atoms. The molecule has 1 atom stereocenters. The first-order valence-electron chi connectivity index (χ1n) is 9.63. The molecule has 5 nitrogen and oxygen atoms in total. The molecule has 4 rings (SSSR count). The van der Waals surface area contributed by atoms with Crippen LogP contribution in [0.5, 0.6) is 23.0 Å². The van der Waals surface area contributed by atoms with Crippen LogP contribution < -0.4 is 14.2 Å². The summed E-state index contributed by atoms with van der Waals surface area (Å²) < 4.78 is 16.7. The zero-order valence-electron chi connectivity index (χ0n) is 16.2. The summed E-state index contributed by atoms with van der Waals surface area (Å²) in [5.41, 5.74) is 3.86. The SMILES string of the molecule is CC(C)Oc1cc(CCC(C)N2Cc3cc4c(cc3C2)OCO4)ccc1O. The van der Waals surface area contributed by atoms with Gasteiger partial charge in [-0.15, -0.1) is 0 Å². The lowest BCUT2D eigenvalue weighted by atomic mass is 10.0. The van der Waals surface area contributed by atoms with Gasteiger partial charge in [-0.2, -0.15) is 0 Å². The zero-order chi connectivity index (χ0) is 19.0. The molecule has 5 heteroatoms. The van der Waals surface area contributed by atoms with Crippen LogP contribution in [0.3, 0.4) is 0 Å². The number of ether oxygens (including phenoxy) is 3. The molecule has 2 aromatic carbocycles. The average molecular weight is 369 g/mol. The molecule has 1 unspecified atom stereocenters. The number of hydrogen-bond acceptors (Lipinski definition) is 5. The largest absolute Gasteiger partial charge is 0.504 e. The van der Waals surface area contributed by atoms with Crippen LogP contribution in [-0.2, 0) is 19.5 Å². The Hall–Kier alpha value is -2.40. The van der Waals surface area contributed by atoms with E-state index in [1.165, 1.54) is 16.7 Å². The molecule has 2 aliphatic rings. The summed E-state index contributed by atoms with van der Waals surface area (Å²) in [7, 11) is 0. The number of rotatable bonds is 6. The van der Waals surface area contributed by atoms with E-state index in [2.05, 4.69) is 24.0 Å². The van der Waals surface area contributed by atoms with Crippen molar-refractivity contribution in [2.75, 3.05) is 6.79 Å². The Morgan fingerprint density at radius 1 is 1.04 bits per heavy atom. The van der Waals surface area contributed by atoms with Crippen molar-refractivity contribution in [3.05, 3.63) is 47.0 Å². The molecule has 0 fully saturated rings. The van der Waals surface area contributed by atoms with Gasteiger partial charge in [0.25, 0.3) is 0 Å². The standard InChI is InChI=1S/C22H27NO4/c1-14(2)27-20-8-16(6-7-19(20)24)5-4-15(3)23-11-17-9-21-22(26-13-25-21)10-18(17)12-23/h6-10,14-15,24H,4-5,11-13H2,1-3H3. The lowest BCUT2D eigenvalue weighted by molar-refractivity contribution is 0.173. The zero-order valence-corrected chi connectivity index (χ0v) is 16.2. The van der Waals surface area contributed by atoms with E-state index in [-0.39, 0.29) is 11.9 Å². The van der Waals surface area contributed by atoms with Crippen LogP contribution in [0.2, 0.25) is 0 Å². The highest BCUT2D eigenvalue weighted by Gasteiger charge is 2.26. The van der Waals surface area contributed by atoms with Crippen LogP contribution in [0, 0.1) is 0 Å². The number of phenolic OH excluding ortho intramolecular Hbond substituents is 1. The summed E-state index contributed by atoms with van der Waals surface area (Å²) in [4.78, 5) is 2.49. The van der Waals surface area contributed by atoms with Gasteiger partial charge in [-0.25, -0.2) is 0 Å². The van der Waals surface area contributed by atoms with Crippen LogP contribution in [0.25, 0.3) is 0 Å². The molecule has 0 saturated carbocycles. The third-order valence-electron chi connectivity index (χ3n) is 5.30. The van der Waals surface area contributed by atoms with Gasteiger partial charge >= 0.3 is 0 Å². The van der Waals surface area contributed by atoms with Gasteiger partial charge in [0.05, 0.1) is 6.10 Å². The Kier molecular flexibility index (Phi) is 4.87. The van der Waals surface area contributed by atoms with Crippen molar-refractivity contribution in [3.8, 4) is 23.0 Å². The van der Waals surface area contributed by atoms with Crippen molar-refractivity contribution < 1.29 is 19.3 Å². The van der Waals surface area contributed by atoms with Crippen LogP contribution in [0.4, 0.5) is 0 Å². The van der Waals surface area contributed by atoms with Gasteiger partial charge in [-0.3, -0.25) is 4.90 Å². The Morgan fingerprint density at radius 2 is 1.70 bits per heavy atom. The minimum Gasteiger partial charge on any atom is -0.504 e. The minimum absolute atomic E-state index is 0.0442. The van der Waals surface area contributed by atoms with Crippen LogP contribution in [0.15, 0.2) is 30.3 Å². The first kappa shape index (κ1) is 18.0. The molecule has 0 saturated heterocycles. The molecule has 27 heavy (non-hydrogen) atoms. The van der Waals surface area contributed by atoms with Gasteiger partial charge in [-0.1, -0.05) is 6.07 Å². The van der Waals surface area contributed by atoms with Crippen molar-refractivity contribution in [1.82, 2.24) is 4.90 Å². The summed E-state index contributed by atoms with van der Waals surface area (Å²) in [6, 6.07) is 10.4. The van der Waals surface area contributed by atoms with E-state index >= 15 is 0 Å². The minimum atomic E-state index is 0.0442. The highest BCUT2D eigenvalue weighted by molar-refractivity contribution is 5.50. The second-order valence-corrected chi connectivity index (χ2v) is 7.74. The van der Waals surface area contributed by atoms with Gasteiger partial charge in [0.2, 0.25) is 6.79 Å². The molecule has 2 aliphatic heterocycles. The lowest BCUT2D eigenvalue weighted by Crippen LogP contribution is -2.28. The molecule has 144 valence electrons. The Bertz CT molecular complexity index is 800. The number of hydrogen-bond donors (Lipinski definition) is 1. The Balaban J connectivity index is 1.37. The number of aromatic hydroxyl groups is 1. The fourth-order valence-corrected chi connectivity index (χ4v) is 3.75. The van der Waals surface area contributed by atoms with Gasteiger partial charge < -0.3 is 19.3 Å². The van der Waals surface area contributed by atoms with E-state index in [0.717, 1.165) is 37.4 Å². The first-order valence-corrected chi connectivity index (χ1v) is 9.63. The molecule has 0 aromatic heterocycles. The number of phenols is 1. The van der Waals surface area contributed by atoms with E-state index in [1.54, 1.807) is 6.07 Å². The monoisotopic (exact) mass is 369 g/mol. The fraction of sp³-hybridized carbons (Fsp3) is 0.455. The maximum atomic E-state index is 9.95. The number of benzene rings is 2. The maximum Gasteiger partial charge on any atom is 0.231 e. The third-order valence-corrected chi connectivity index (χ3v) is 5.30.